The zero-order chi connectivity index (χ0) is 20.4. The van der Waals surface area contributed by atoms with Gasteiger partial charge in [0, 0.05) is 29.3 Å². The van der Waals surface area contributed by atoms with Crippen molar-refractivity contribution in [3.63, 3.8) is 0 Å². The number of anilines is 2. The Hall–Kier alpha value is -3.28. The molecule has 2 N–H and O–H groups in total. The average Bonchev–Trinajstić information content (AvgIpc) is 3.12. The lowest BCUT2D eigenvalue weighted by Gasteiger charge is -2.33. The molecule has 1 aliphatic heterocycles. The average molecular weight is 391 g/mol. The van der Waals surface area contributed by atoms with Crippen LogP contribution in [0.4, 0.5) is 11.4 Å². The van der Waals surface area contributed by atoms with E-state index in [1.165, 1.54) is 0 Å². The van der Waals surface area contributed by atoms with E-state index < -0.39 is 6.10 Å². The lowest BCUT2D eigenvalue weighted by Crippen LogP contribution is -2.44. The van der Waals surface area contributed by atoms with Gasteiger partial charge in [0.2, 0.25) is 5.91 Å². The van der Waals surface area contributed by atoms with Crippen LogP contribution < -0.4 is 15.0 Å². The molecule has 1 unspecified atom stereocenters. The highest BCUT2D eigenvalue weighted by atomic mass is 16.5. The van der Waals surface area contributed by atoms with Crippen LogP contribution in [-0.2, 0) is 16.0 Å². The van der Waals surface area contributed by atoms with Crippen molar-refractivity contribution >= 4 is 34.1 Å². The van der Waals surface area contributed by atoms with Gasteiger partial charge in [-0.1, -0.05) is 31.5 Å². The van der Waals surface area contributed by atoms with Crippen LogP contribution in [0.5, 0.6) is 5.75 Å². The van der Waals surface area contributed by atoms with Crippen molar-refractivity contribution in [3.8, 4) is 5.75 Å². The number of carbonyl (C=O) groups is 2. The normalized spacial score (nSPS) is 15.9. The van der Waals surface area contributed by atoms with Gasteiger partial charge in [0.05, 0.1) is 12.1 Å². The number of para-hydroxylation sites is 1. The van der Waals surface area contributed by atoms with Crippen molar-refractivity contribution in [2.75, 3.05) is 16.8 Å². The Kier molecular flexibility index (Phi) is 5.25. The zero-order valence-electron chi connectivity index (χ0n) is 16.7. The second-order valence-electron chi connectivity index (χ2n) is 7.37. The molecule has 0 radical (unpaired) electrons. The third kappa shape index (κ3) is 3.83. The highest BCUT2D eigenvalue weighted by Gasteiger charge is 2.31. The Labute approximate surface area is 169 Å². The molecule has 4 rings (SSSR count). The monoisotopic (exact) mass is 391 g/mol. The molecule has 1 aromatic heterocycles. The number of aromatic nitrogens is 1. The van der Waals surface area contributed by atoms with Crippen molar-refractivity contribution < 1.29 is 14.3 Å². The van der Waals surface area contributed by atoms with Crippen LogP contribution in [0.2, 0.25) is 0 Å². The molecule has 29 heavy (non-hydrogen) atoms. The standard InChI is InChI=1S/C23H25N3O3/c1-3-4-11-26-20-13-17(9-10-21(20)29-15(2)23(26)28)25-22(27)12-16-14-24-19-8-6-5-7-18(16)19/h5-10,13-15,24H,3-4,11-12H2,1-2H3,(H,25,27). The van der Waals surface area contributed by atoms with Crippen LogP contribution in [-0.4, -0.2) is 29.4 Å². The minimum absolute atomic E-state index is 0.0479. The third-order valence-electron chi connectivity index (χ3n) is 5.21. The molecule has 0 aliphatic carbocycles. The van der Waals surface area contributed by atoms with Gasteiger partial charge in [-0.3, -0.25) is 9.59 Å². The Morgan fingerprint density at radius 1 is 1.24 bits per heavy atom. The van der Waals surface area contributed by atoms with Gasteiger partial charge in [-0.2, -0.15) is 0 Å². The number of nitrogens with one attached hydrogen (secondary N) is 2. The number of ether oxygens (including phenoxy) is 1. The summed E-state index contributed by atoms with van der Waals surface area (Å²) < 4.78 is 5.74. The molecule has 3 aromatic rings. The number of nitrogens with zero attached hydrogens (tertiary/aromatic N) is 1. The zero-order valence-corrected chi connectivity index (χ0v) is 16.7. The molecule has 150 valence electrons. The summed E-state index contributed by atoms with van der Waals surface area (Å²) in [5, 5.41) is 4.00. The number of rotatable bonds is 6. The second-order valence-corrected chi connectivity index (χ2v) is 7.37. The van der Waals surface area contributed by atoms with Gasteiger partial charge in [0.15, 0.2) is 6.10 Å². The van der Waals surface area contributed by atoms with Crippen molar-refractivity contribution in [1.29, 1.82) is 0 Å². The van der Waals surface area contributed by atoms with E-state index in [1.54, 1.807) is 11.8 Å². The van der Waals surface area contributed by atoms with Crippen LogP contribution in [0.15, 0.2) is 48.7 Å². The predicted molar refractivity (Wildman–Crippen MR) is 114 cm³/mol. The topological polar surface area (TPSA) is 74.4 Å². The Bertz CT molecular complexity index is 1060. The predicted octanol–water partition coefficient (Wildman–Crippen LogP) is 4.26. The number of carbonyl (C=O) groups excluding carboxylic acids is 2. The van der Waals surface area contributed by atoms with E-state index in [2.05, 4.69) is 17.2 Å². The van der Waals surface area contributed by atoms with Crippen LogP contribution >= 0.6 is 0 Å². The number of hydrogen-bond donors (Lipinski definition) is 2. The molecule has 0 bridgehead atoms. The fraction of sp³-hybridized carbons (Fsp3) is 0.304. The molecule has 2 aromatic carbocycles. The van der Waals surface area contributed by atoms with Crippen molar-refractivity contribution in [3.05, 3.63) is 54.2 Å². The summed E-state index contributed by atoms with van der Waals surface area (Å²) in [5.41, 5.74) is 3.33. The highest BCUT2D eigenvalue weighted by molar-refractivity contribution is 6.01. The maximum absolute atomic E-state index is 12.6. The van der Waals surface area contributed by atoms with E-state index in [0.29, 0.717) is 23.7 Å². The molecule has 6 heteroatoms. The summed E-state index contributed by atoms with van der Waals surface area (Å²) in [6.07, 6.45) is 3.55. The number of aromatic amines is 1. The minimum atomic E-state index is -0.498. The molecule has 1 aliphatic rings. The van der Waals surface area contributed by atoms with Gasteiger partial charge in [-0.25, -0.2) is 0 Å². The number of H-pyrrole nitrogens is 1. The number of amides is 2. The number of fused-ring (bicyclic) bond motifs is 2. The summed E-state index contributed by atoms with van der Waals surface area (Å²) in [4.78, 5) is 30.2. The largest absolute Gasteiger partial charge is 0.479 e. The minimum Gasteiger partial charge on any atom is -0.479 e. The van der Waals surface area contributed by atoms with E-state index in [4.69, 9.17) is 4.74 Å². The van der Waals surface area contributed by atoms with Crippen molar-refractivity contribution in [2.24, 2.45) is 0 Å². The summed E-state index contributed by atoms with van der Waals surface area (Å²) >= 11 is 0. The molecule has 2 heterocycles. The van der Waals surface area contributed by atoms with Crippen molar-refractivity contribution in [2.45, 2.75) is 39.2 Å². The number of hydrogen-bond acceptors (Lipinski definition) is 3. The van der Waals surface area contributed by atoms with Crippen LogP contribution in [0.3, 0.4) is 0 Å². The molecule has 1 atom stereocenters. The van der Waals surface area contributed by atoms with Crippen molar-refractivity contribution in [1.82, 2.24) is 4.98 Å². The van der Waals surface area contributed by atoms with E-state index in [9.17, 15) is 9.59 Å². The molecule has 0 saturated heterocycles. The van der Waals surface area contributed by atoms with Gasteiger partial charge in [-0.05, 0) is 43.2 Å². The fourth-order valence-corrected chi connectivity index (χ4v) is 3.69. The molecule has 2 amide bonds. The van der Waals surface area contributed by atoms with E-state index in [1.807, 2.05) is 48.7 Å². The summed E-state index contributed by atoms with van der Waals surface area (Å²) in [6.45, 7) is 4.50. The van der Waals surface area contributed by atoms with Gasteiger partial charge in [0.25, 0.3) is 5.91 Å². The first-order valence-electron chi connectivity index (χ1n) is 10.0. The van der Waals surface area contributed by atoms with Gasteiger partial charge >= 0.3 is 0 Å². The Balaban J connectivity index is 1.53. The quantitative estimate of drug-likeness (QED) is 0.659. The van der Waals surface area contributed by atoms with Gasteiger partial charge in [-0.15, -0.1) is 0 Å². The first-order chi connectivity index (χ1) is 14.1. The maximum Gasteiger partial charge on any atom is 0.267 e. The smallest absolute Gasteiger partial charge is 0.267 e. The number of unbranched alkanes of at least 4 members (excludes halogenated alkanes) is 1. The highest BCUT2D eigenvalue weighted by Crippen LogP contribution is 2.36. The van der Waals surface area contributed by atoms with Crippen LogP contribution in [0.1, 0.15) is 32.3 Å². The molecular weight excluding hydrogens is 366 g/mol. The summed E-state index contributed by atoms with van der Waals surface area (Å²) in [5.74, 6) is 0.516. The molecule has 6 nitrogen and oxygen atoms in total. The maximum atomic E-state index is 12.6. The van der Waals surface area contributed by atoms with Crippen LogP contribution in [0, 0.1) is 0 Å². The summed E-state index contributed by atoms with van der Waals surface area (Å²) in [6, 6.07) is 13.4. The van der Waals surface area contributed by atoms with Gasteiger partial charge in [0.1, 0.15) is 5.75 Å². The van der Waals surface area contributed by atoms with E-state index >= 15 is 0 Å². The Morgan fingerprint density at radius 2 is 2.07 bits per heavy atom. The fourth-order valence-electron chi connectivity index (χ4n) is 3.69. The lowest BCUT2D eigenvalue weighted by molar-refractivity contribution is -0.125. The number of benzene rings is 2. The first kappa shape index (κ1) is 19.1. The molecule has 0 spiro atoms. The molecule has 0 saturated carbocycles. The third-order valence-corrected chi connectivity index (χ3v) is 5.21. The van der Waals surface area contributed by atoms with E-state index in [-0.39, 0.29) is 18.2 Å². The summed E-state index contributed by atoms with van der Waals surface area (Å²) in [7, 11) is 0. The lowest BCUT2D eigenvalue weighted by atomic mass is 10.1. The van der Waals surface area contributed by atoms with Crippen LogP contribution in [0.25, 0.3) is 10.9 Å². The second kappa shape index (κ2) is 7.99. The first-order valence-corrected chi connectivity index (χ1v) is 10.0. The molecular formula is C23H25N3O3. The van der Waals surface area contributed by atoms with E-state index in [0.717, 1.165) is 29.3 Å². The SMILES string of the molecule is CCCCN1C(=O)C(C)Oc2ccc(NC(=O)Cc3c[nH]c4ccccc34)cc21. The van der Waals surface area contributed by atoms with Gasteiger partial charge < -0.3 is 19.9 Å². The molecule has 0 fully saturated rings. The Morgan fingerprint density at radius 3 is 2.90 bits per heavy atom.